The molecule has 0 N–H and O–H groups in total. The van der Waals surface area contributed by atoms with Crippen LogP contribution in [0, 0.1) is 0 Å². The maximum absolute atomic E-state index is 11.8. The van der Waals surface area contributed by atoms with E-state index in [1.165, 1.54) is 5.69 Å². The summed E-state index contributed by atoms with van der Waals surface area (Å²) in [6.45, 7) is 17.5. The molecule has 7 nitrogen and oxygen atoms in total. The highest BCUT2D eigenvalue weighted by Gasteiger charge is 2.24. The van der Waals surface area contributed by atoms with E-state index in [1.54, 1.807) is 13.1 Å². The van der Waals surface area contributed by atoms with Crippen molar-refractivity contribution < 1.29 is 14.3 Å². The molecule has 2 rings (SSSR count). The van der Waals surface area contributed by atoms with Crippen molar-refractivity contribution in [3.63, 3.8) is 0 Å². The molecule has 0 aliphatic heterocycles. The molecule has 0 bridgehead atoms. The monoisotopic (exact) mass is 470 g/mol. The second kappa shape index (κ2) is 10.9. The first-order chi connectivity index (χ1) is 13.5. The average molecular weight is 471 g/mol. The lowest BCUT2D eigenvalue weighted by Gasteiger charge is -2.22. The molecule has 29 heavy (non-hydrogen) atoms. The second-order valence-electron chi connectivity index (χ2n) is 8.48. The van der Waals surface area contributed by atoms with Crippen molar-refractivity contribution in [1.29, 1.82) is 0 Å². The molecule has 0 fully saturated rings. The van der Waals surface area contributed by atoms with Gasteiger partial charge >= 0.3 is 5.97 Å². The molecule has 0 unspecified atom stereocenters. The number of carbonyl (C=O) groups excluding carboxylic acids is 1. The summed E-state index contributed by atoms with van der Waals surface area (Å²) in [4.78, 5) is 11.8. The minimum atomic E-state index is -0.345. The highest BCUT2D eigenvalue weighted by Crippen LogP contribution is 2.21. The molecule has 0 spiro atoms. The van der Waals surface area contributed by atoms with E-state index in [-0.39, 0.29) is 17.0 Å². The summed E-state index contributed by atoms with van der Waals surface area (Å²) >= 11 is 3.42. The standard InChI is InChI=1S/C13H22N2O3.C8H13BrN2/c1-6-17-9-11-10(12(16)18-7-2)8-14-15(11)13(3,4)5;1-8(2,3)11-7(6-9)4-5-10-11/h8H,6-7,9H2,1-5H3;4-5H,6H2,1-3H3. The summed E-state index contributed by atoms with van der Waals surface area (Å²) < 4.78 is 14.3. The molecule has 0 aliphatic rings. The summed E-state index contributed by atoms with van der Waals surface area (Å²) in [5.74, 6) is -0.345. The van der Waals surface area contributed by atoms with Crippen LogP contribution in [-0.2, 0) is 32.5 Å². The predicted molar refractivity (Wildman–Crippen MR) is 118 cm³/mol. The Balaban J connectivity index is 0.000000326. The predicted octanol–water partition coefficient (Wildman–Crippen LogP) is 4.88. The van der Waals surface area contributed by atoms with Crippen molar-refractivity contribution in [2.24, 2.45) is 0 Å². The van der Waals surface area contributed by atoms with E-state index in [4.69, 9.17) is 9.47 Å². The van der Waals surface area contributed by atoms with E-state index in [2.05, 4.69) is 46.9 Å². The summed E-state index contributed by atoms with van der Waals surface area (Å²) in [7, 11) is 0. The summed E-state index contributed by atoms with van der Waals surface area (Å²) in [5.41, 5.74) is 2.37. The van der Waals surface area contributed by atoms with Gasteiger partial charge in [-0.05, 0) is 61.5 Å². The zero-order chi connectivity index (χ0) is 22.2. The van der Waals surface area contributed by atoms with Crippen molar-refractivity contribution >= 4 is 21.9 Å². The fourth-order valence-electron chi connectivity index (χ4n) is 2.70. The average Bonchev–Trinajstić information content (AvgIpc) is 3.26. The number of esters is 1. The molecule has 0 aromatic carbocycles. The van der Waals surface area contributed by atoms with Crippen molar-refractivity contribution in [1.82, 2.24) is 19.6 Å². The molecule has 0 radical (unpaired) electrons. The minimum absolute atomic E-state index is 0.0899. The van der Waals surface area contributed by atoms with Crippen LogP contribution >= 0.6 is 15.9 Å². The molecule has 0 aliphatic carbocycles. The van der Waals surface area contributed by atoms with Crippen LogP contribution in [0.15, 0.2) is 18.5 Å². The van der Waals surface area contributed by atoms with Gasteiger partial charge < -0.3 is 9.47 Å². The summed E-state index contributed by atoms with van der Waals surface area (Å²) in [6, 6.07) is 2.03. The van der Waals surface area contributed by atoms with Gasteiger partial charge in [0.1, 0.15) is 5.56 Å². The Morgan fingerprint density at radius 1 is 1.03 bits per heavy atom. The highest BCUT2D eigenvalue weighted by atomic mass is 79.9. The van der Waals surface area contributed by atoms with Gasteiger partial charge in [-0.3, -0.25) is 9.36 Å². The Morgan fingerprint density at radius 2 is 1.66 bits per heavy atom. The van der Waals surface area contributed by atoms with Crippen LogP contribution < -0.4 is 0 Å². The molecule has 0 saturated carbocycles. The van der Waals surface area contributed by atoms with Gasteiger partial charge in [0.15, 0.2) is 0 Å². The quantitative estimate of drug-likeness (QED) is 0.444. The van der Waals surface area contributed by atoms with Crippen LogP contribution in [0.2, 0.25) is 0 Å². The highest BCUT2D eigenvalue weighted by molar-refractivity contribution is 9.08. The molecule has 0 atom stereocenters. The van der Waals surface area contributed by atoms with E-state index >= 15 is 0 Å². The number of rotatable bonds is 6. The largest absolute Gasteiger partial charge is 0.462 e. The van der Waals surface area contributed by atoms with Gasteiger partial charge in [-0.1, -0.05) is 15.9 Å². The molecule has 2 aromatic rings. The van der Waals surface area contributed by atoms with E-state index < -0.39 is 0 Å². The van der Waals surface area contributed by atoms with Gasteiger partial charge in [0, 0.05) is 23.8 Å². The Labute approximate surface area is 182 Å². The number of nitrogens with zero attached hydrogens (tertiary/aromatic N) is 4. The summed E-state index contributed by atoms with van der Waals surface area (Å²) in [6.07, 6.45) is 3.39. The first-order valence-corrected chi connectivity index (χ1v) is 11.0. The Kier molecular flexibility index (Phi) is 9.55. The van der Waals surface area contributed by atoms with E-state index in [9.17, 15) is 4.79 Å². The van der Waals surface area contributed by atoms with E-state index in [0.29, 0.717) is 25.4 Å². The fourth-order valence-corrected chi connectivity index (χ4v) is 3.13. The number of hydrogen-bond donors (Lipinski definition) is 0. The van der Waals surface area contributed by atoms with Crippen molar-refractivity contribution in [2.45, 2.75) is 78.4 Å². The lowest BCUT2D eigenvalue weighted by molar-refractivity contribution is 0.0517. The number of aromatic nitrogens is 4. The van der Waals surface area contributed by atoms with Crippen LogP contribution in [0.4, 0.5) is 0 Å². The Bertz CT molecular complexity index is 770. The van der Waals surface area contributed by atoms with Crippen LogP contribution in [0.1, 0.15) is 77.1 Å². The molecule has 0 amide bonds. The smallest absolute Gasteiger partial charge is 0.341 e. The Hall–Kier alpha value is -1.67. The van der Waals surface area contributed by atoms with Crippen LogP contribution in [-0.4, -0.2) is 38.7 Å². The first-order valence-electron chi connectivity index (χ1n) is 9.88. The third-order valence-corrected chi connectivity index (χ3v) is 4.51. The Morgan fingerprint density at radius 3 is 2.10 bits per heavy atom. The molecule has 164 valence electrons. The normalized spacial score (nSPS) is 11.8. The van der Waals surface area contributed by atoms with Crippen molar-refractivity contribution in [3.8, 4) is 0 Å². The van der Waals surface area contributed by atoms with Gasteiger partial charge in [0.25, 0.3) is 0 Å². The van der Waals surface area contributed by atoms with Crippen LogP contribution in [0.5, 0.6) is 0 Å². The lowest BCUT2D eigenvalue weighted by atomic mass is 10.1. The minimum Gasteiger partial charge on any atom is -0.462 e. The first kappa shape index (κ1) is 25.4. The second-order valence-corrected chi connectivity index (χ2v) is 9.04. The summed E-state index contributed by atoms with van der Waals surface area (Å²) in [5, 5.41) is 9.39. The fraction of sp³-hybridized carbons (Fsp3) is 0.667. The molecular formula is C21H35BrN4O3. The zero-order valence-corrected chi connectivity index (χ0v) is 20.5. The molecule has 2 aromatic heterocycles. The maximum Gasteiger partial charge on any atom is 0.341 e. The van der Waals surface area contributed by atoms with Gasteiger partial charge in [0.2, 0.25) is 0 Å². The number of carbonyl (C=O) groups is 1. The van der Waals surface area contributed by atoms with E-state index in [0.717, 1.165) is 11.0 Å². The number of hydrogen-bond acceptors (Lipinski definition) is 5. The van der Waals surface area contributed by atoms with Crippen molar-refractivity contribution in [2.75, 3.05) is 13.2 Å². The molecular weight excluding hydrogens is 436 g/mol. The van der Waals surface area contributed by atoms with E-state index in [1.807, 2.05) is 49.3 Å². The third-order valence-electron chi connectivity index (χ3n) is 3.94. The topological polar surface area (TPSA) is 71.2 Å². The van der Waals surface area contributed by atoms with Crippen LogP contribution in [0.25, 0.3) is 0 Å². The number of alkyl halides is 1. The number of halogens is 1. The van der Waals surface area contributed by atoms with Gasteiger partial charge in [-0.15, -0.1) is 0 Å². The van der Waals surface area contributed by atoms with Gasteiger partial charge in [-0.2, -0.15) is 10.2 Å². The SMILES string of the molecule is CC(C)(C)n1nccc1CBr.CCOCc1c(C(=O)OCC)cnn1C(C)(C)C. The molecule has 0 saturated heterocycles. The number of ether oxygens (including phenoxy) is 2. The lowest BCUT2D eigenvalue weighted by Crippen LogP contribution is -2.26. The maximum atomic E-state index is 11.8. The zero-order valence-electron chi connectivity index (χ0n) is 19.0. The third kappa shape index (κ3) is 7.26. The van der Waals surface area contributed by atoms with Gasteiger partial charge in [0.05, 0.1) is 36.2 Å². The van der Waals surface area contributed by atoms with Gasteiger partial charge in [-0.25, -0.2) is 4.79 Å². The molecule has 2 heterocycles. The van der Waals surface area contributed by atoms with Crippen LogP contribution in [0.3, 0.4) is 0 Å². The van der Waals surface area contributed by atoms with Crippen molar-refractivity contribution in [3.05, 3.63) is 35.4 Å². The molecule has 8 heteroatoms.